The Morgan fingerprint density at radius 2 is 2.15 bits per heavy atom. The standard InChI is InChI=1S/C15H20ClFN2O/c1-19(14-5-3-2-4-11(14)9-18)15(20)10-6-7-13(17)12(16)8-10/h6-8,11,14H,2-5,9,18H2,1H3. The topological polar surface area (TPSA) is 46.3 Å². The van der Waals surface area contributed by atoms with Crippen molar-refractivity contribution >= 4 is 17.5 Å². The maximum Gasteiger partial charge on any atom is 0.253 e. The van der Waals surface area contributed by atoms with Crippen LogP contribution in [0.3, 0.4) is 0 Å². The molecule has 0 heterocycles. The maximum atomic E-state index is 13.2. The molecule has 1 aliphatic rings. The maximum absolute atomic E-state index is 13.2. The highest BCUT2D eigenvalue weighted by Crippen LogP contribution is 2.28. The summed E-state index contributed by atoms with van der Waals surface area (Å²) < 4.78 is 13.2. The number of rotatable bonds is 3. The van der Waals surface area contributed by atoms with E-state index in [1.165, 1.54) is 24.6 Å². The summed E-state index contributed by atoms with van der Waals surface area (Å²) >= 11 is 5.74. The summed E-state index contributed by atoms with van der Waals surface area (Å²) in [5.74, 6) is -0.297. The molecule has 0 spiro atoms. The largest absolute Gasteiger partial charge is 0.338 e. The van der Waals surface area contributed by atoms with Crippen LogP contribution in [0.2, 0.25) is 5.02 Å². The smallest absolute Gasteiger partial charge is 0.253 e. The fraction of sp³-hybridized carbons (Fsp3) is 0.533. The van der Waals surface area contributed by atoms with Crippen LogP contribution in [0.15, 0.2) is 18.2 Å². The van der Waals surface area contributed by atoms with E-state index in [0.29, 0.717) is 18.0 Å². The highest BCUT2D eigenvalue weighted by Gasteiger charge is 2.30. The van der Waals surface area contributed by atoms with Crippen LogP contribution in [0.5, 0.6) is 0 Å². The zero-order chi connectivity index (χ0) is 14.7. The van der Waals surface area contributed by atoms with Crippen molar-refractivity contribution in [2.45, 2.75) is 31.7 Å². The Morgan fingerprint density at radius 1 is 1.45 bits per heavy atom. The lowest BCUT2D eigenvalue weighted by atomic mass is 9.83. The van der Waals surface area contributed by atoms with Gasteiger partial charge in [0.05, 0.1) is 5.02 Å². The van der Waals surface area contributed by atoms with Crippen molar-refractivity contribution in [3.63, 3.8) is 0 Å². The van der Waals surface area contributed by atoms with Gasteiger partial charge < -0.3 is 10.6 Å². The Labute approximate surface area is 123 Å². The number of carbonyl (C=O) groups excluding carboxylic acids is 1. The lowest BCUT2D eigenvalue weighted by Gasteiger charge is -2.37. The van der Waals surface area contributed by atoms with Gasteiger partial charge in [-0.15, -0.1) is 0 Å². The lowest BCUT2D eigenvalue weighted by molar-refractivity contribution is 0.0620. The van der Waals surface area contributed by atoms with Crippen LogP contribution in [0.4, 0.5) is 4.39 Å². The summed E-state index contributed by atoms with van der Waals surface area (Å²) in [5, 5.41) is -0.0248. The van der Waals surface area contributed by atoms with Crippen molar-refractivity contribution in [2.24, 2.45) is 11.7 Å². The van der Waals surface area contributed by atoms with Crippen LogP contribution in [0, 0.1) is 11.7 Å². The van der Waals surface area contributed by atoms with Gasteiger partial charge in [0.2, 0.25) is 0 Å². The van der Waals surface area contributed by atoms with Crippen LogP contribution in [-0.4, -0.2) is 30.4 Å². The fourth-order valence-electron chi connectivity index (χ4n) is 2.96. The second-order valence-corrected chi connectivity index (χ2v) is 5.80. The van der Waals surface area contributed by atoms with Crippen LogP contribution < -0.4 is 5.73 Å². The van der Waals surface area contributed by atoms with E-state index in [9.17, 15) is 9.18 Å². The van der Waals surface area contributed by atoms with Gasteiger partial charge in [0.15, 0.2) is 0 Å². The summed E-state index contributed by atoms with van der Waals surface area (Å²) in [6.45, 7) is 0.590. The normalized spacial score (nSPS) is 22.6. The van der Waals surface area contributed by atoms with Gasteiger partial charge in [0.25, 0.3) is 5.91 Å². The Morgan fingerprint density at radius 3 is 2.80 bits per heavy atom. The predicted octanol–water partition coefficient (Wildman–Crippen LogP) is 3.07. The number of benzene rings is 1. The number of nitrogens with zero attached hydrogens (tertiary/aromatic N) is 1. The molecule has 2 atom stereocenters. The fourth-order valence-corrected chi connectivity index (χ4v) is 3.14. The van der Waals surface area contributed by atoms with E-state index in [2.05, 4.69) is 0 Å². The van der Waals surface area contributed by atoms with E-state index in [-0.39, 0.29) is 17.0 Å². The molecule has 0 saturated heterocycles. The summed E-state index contributed by atoms with van der Waals surface area (Å²) in [7, 11) is 1.79. The molecule has 20 heavy (non-hydrogen) atoms. The summed E-state index contributed by atoms with van der Waals surface area (Å²) in [5.41, 5.74) is 6.22. The number of halogens is 2. The van der Waals surface area contributed by atoms with Crippen molar-refractivity contribution in [3.05, 3.63) is 34.6 Å². The molecule has 0 bridgehead atoms. The first-order valence-electron chi connectivity index (χ1n) is 6.97. The van der Waals surface area contributed by atoms with E-state index < -0.39 is 5.82 Å². The molecule has 5 heteroatoms. The van der Waals surface area contributed by atoms with Crippen molar-refractivity contribution in [2.75, 3.05) is 13.6 Å². The molecule has 0 radical (unpaired) electrons. The molecule has 2 unspecified atom stereocenters. The van der Waals surface area contributed by atoms with Gasteiger partial charge in [-0.3, -0.25) is 4.79 Å². The van der Waals surface area contributed by atoms with E-state index in [1.807, 2.05) is 0 Å². The number of amides is 1. The van der Waals surface area contributed by atoms with Gasteiger partial charge in [-0.1, -0.05) is 24.4 Å². The number of hydrogen-bond donors (Lipinski definition) is 1. The average molecular weight is 299 g/mol. The van der Waals surface area contributed by atoms with E-state index >= 15 is 0 Å². The summed E-state index contributed by atoms with van der Waals surface area (Å²) in [6.07, 6.45) is 4.31. The van der Waals surface area contributed by atoms with Crippen LogP contribution >= 0.6 is 11.6 Å². The van der Waals surface area contributed by atoms with Gasteiger partial charge in [-0.2, -0.15) is 0 Å². The SMILES string of the molecule is CN(C(=O)c1ccc(F)c(Cl)c1)C1CCCCC1CN. The molecule has 110 valence electrons. The zero-order valence-electron chi connectivity index (χ0n) is 11.6. The van der Waals surface area contributed by atoms with Crippen molar-refractivity contribution in [1.82, 2.24) is 4.90 Å². The molecule has 1 aromatic carbocycles. The second kappa shape index (κ2) is 6.55. The Balaban J connectivity index is 2.16. The molecule has 0 aliphatic heterocycles. The minimum absolute atomic E-state index is 0.0248. The molecule has 2 N–H and O–H groups in total. The molecule has 1 saturated carbocycles. The zero-order valence-corrected chi connectivity index (χ0v) is 12.4. The van der Waals surface area contributed by atoms with E-state index in [4.69, 9.17) is 17.3 Å². The van der Waals surface area contributed by atoms with Gasteiger partial charge in [-0.05, 0) is 43.5 Å². The minimum atomic E-state index is -0.511. The highest BCUT2D eigenvalue weighted by molar-refractivity contribution is 6.31. The molecule has 0 aromatic heterocycles. The second-order valence-electron chi connectivity index (χ2n) is 5.39. The molecule has 2 rings (SSSR count). The molecular weight excluding hydrogens is 279 g/mol. The number of nitrogens with two attached hydrogens (primary N) is 1. The van der Waals surface area contributed by atoms with Crippen molar-refractivity contribution in [1.29, 1.82) is 0 Å². The molecule has 1 aliphatic carbocycles. The highest BCUT2D eigenvalue weighted by atomic mass is 35.5. The minimum Gasteiger partial charge on any atom is -0.338 e. The molecule has 1 fully saturated rings. The van der Waals surface area contributed by atoms with E-state index in [1.54, 1.807) is 11.9 Å². The van der Waals surface area contributed by atoms with E-state index in [0.717, 1.165) is 19.3 Å². The Bertz CT molecular complexity index is 495. The number of hydrogen-bond acceptors (Lipinski definition) is 2. The molecular formula is C15H20ClFN2O. The first kappa shape index (κ1) is 15.3. The quantitative estimate of drug-likeness (QED) is 0.932. The Kier molecular flexibility index (Phi) is 5.00. The summed E-state index contributed by atoms with van der Waals surface area (Å²) in [4.78, 5) is 14.2. The third kappa shape index (κ3) is 3.13. The van der Waals surface area contributed by atoms with Crippen LogP contribution in [0.25, 0.3) is 0 Å². The Hall–Kier alpha value is -1.13. The summed E-state index contributed by atoms with van der Waals surface area (Å²) in [6, 6.07) is 4.24. The first-order chi connectivity index (χ1) is 9.54. The van der Waals surface area contributed by atoms with Crippen molar-refractivity contribution < 1.29 is 9.18 Å². The monoisotopic (exact) mass is 298 g/mol. The van der Waals surface area contributed by atoms with Crippen LogP contribution in [-0.2, 0) is 0 Å². The average Bonchev–Trinajstić information content (AvgIpc) is 2.48. The van der Waals surface area contributed by atoms with Crippen molar-refractivity contribution in [3.8, 4) is 0 Å². The lowest BCUT2D eigenvalue weighted by Crippen LogP contribution is -2.45. The third-order valence-corrected chi connectivity index (χ3v) is 4.45. The van der Waals surface area contributed by atoms with Gasteiger partial charge in [-0.25, -0.2) is 4.39 Å². The molecule has 3 nitrogen and oxygen atoms in total. The molecule has 1 aromatic rings. The third-order valence-electron chi connectivity index (χ3n) is 4.16. The van der Waals surface area contributed by atoms with Gasteiger partial charge >= 0.3 is 0 Å². The predicted molar refractivity (Wildman–Crippen MR) is 78.3 cm³/mol. The van der Waals surface area contributed by atoms with Gasteiger partial charge in [0, 0.05) is 18.7 Å². The molecule has 1 amide bonds. The number of carbonyl (C=O) groups is 1. The van der Waals surface area contributed by atoms with Gasteiger partial charge in [0.1, 0.15) is 5.82 Å². The first-order valence-corrected chi connectivity index (χ1v) is 7.34. The van der Waals surface area contributed by atoms with Crippen LogP contribution in [0.1, 0.15) is 36.0 Å².